The second-order valence-corrected chi connectivity index (χ2v) is 2.90. The maximum absolute atomic E-state index is 12.3. The molecule has 2 rings (SSSR count). The summed E-state index contributed by atoms with van der Waals surface area (Å²) in [5, 5.41) is 0. The van der Waals surface area contributed by atoms with E-state index in [0.717, 1.165) is 5.56 Å². The Kier molecular flexibility index (Phi) is 1.76. The summed E-state index contributed by atoms with van der Waals surface area (Å²) >= 11 is 0. The number of allylic oxidation sites excluding steroid dienone is 1. The topological polar surface area (TPSA) is 38.9 Å². The molecule has 0 spiro atoms. The van der Waals surface area contributed by atoms with Crippen LogP contribution in [0, 0.1) is 0 Å². The highest BCUT2D eigenvalue weighted by molar-refractivity contribution is 5.70. The monoisotopic (exact) mass is 182 g/mol. The molecule has 1 aliphatic rings. The Morgan fingerprint density at radius 2 is 2.23 bits per heavy atom. The summed E-state index contributed by atoms with van der Waals surface area (Å²) in [5.74, 6) is 0. The third kappa shape index (κ3) is 1.28. The Balaban J connectivity index is 2.53. The lowest BCUT2D eigenvalue weighted by molar-refractivity contribution is 0.146. The van der Waals surface area contributed by atoms with Gasteiger partial charge in [-0.3, -0.25) is 4.98 Å². The van der Waals surface area contributed by atoms with E-state index in [1.165, 1.54) is 6.07 Å². The quantitative estimate of drug-likeness (QED) is 0.722. The van der Waals surface area contributed by atoms with Crippen LogP contribution in [-0.4, -0.2) is 4.98 Å². The smallest absolute Gasteiger partial charge is 0.280 e. The van der Waals surface area contributed by atoms with Crippen LogP contribution in [0.1, 0.15) is 23.4 Å². The van der Waals surface area contributed by atoms with Gasteiger partial charge in [-0.25, -0.2) is 8.78 Å². The normalized spacial score (nSPS) is 13.8. The van der Waals surface area contributed by atoms with Gasteiger partial charge >= 0.3 is 0 Å². The lowest BCUT2D eigenvalue weighted by Gasteiger charge is -2.05. The molecule has 0 aromatic carbocycles. The predicted molar refractivity (Wildman–Crippen MR) is 46.3 cm³/mol. The maximum atomic E-state index is 12.3. The number of aromatic nitrogens is 1. The van der Waals surface area contributed by atoms with Crippen molar-refractivity contribution in [2.75, 3.05) is 5.73 Å². The Hall–Kier alpha value is -1.45. The Bertz CT molecular complexity index is 372. The van der Waals surface area contributed by atoms with Crippen LogP contribution in [0.25, 0.3) is 6.08 Å². The Morgan fingerprint density at radius 1 is 1.46 bits per heavy atom. The lowest BCUT2D eigenvalue weighted by atomic mass is 10.1. The van der Waals surface area contributed by atoms with E-state index in [2.05, 4.69) is 4.98 Å². The Labute approximate surface area is 74.1 Å². The molecule has 0 atom stereocenters. The molecule has 0 radical (unpaired) electrons. The summed E-state index contributed by atoms with van der Waals surface area (Å²) in [6.07, 6.45) is 1.73. The Morgan fingerprint density at radius 3 is 2.92 bits per heavy atom. The summed E-state index contributed by atoms with van der Waals surface area (Å²) in [6, 6.07) is 1.24. The number of halogens is 2. The first-order valence-electron chi connectivity index (χ1n) is 3.92. The molecule has 2 N–H and O–H groups in total. The van der Waals surface area contributed by atoms with E-state index in [1.807, 2.05) is 12.2 Å². The van der Waals surface area contributed by atoms with E-state index in [1.54, 1.807) is 0 Å². The van der Waals surface area contributed by atoms with E-state index < -0.39 is 6.43 Å². The van der Waals surface area contributed by atoms with E-state index in [0.29, 0.717) is 17.8 Å². The highest BCUT2D eigenvalue weighted by atomic mass is 19.3. The van der Waals surface area contributed by atoms with Crippen molar-refractivity contribution in [3.63, 3.8) is 0 Å². The minimum Gasteiger partial charge on any atom is -0.398 e. The molecule has 1 heterocycles. The van der Waals surface area contributed by atoms with Gasteiger partial charge in [0, 0.05) is 17.7 Å². The average Bonchev–Trinajstić information content (AvgIpc) is 2.51. The average molecular weight is 182 g/mol. The molecular formula is C9H8F2N2. The number of nitrogens with zero attached hydrogens (tertiary/aromatic N) is 1. The van der Waals surface area contributed by atoms with E-state index in [4.69, 9.17) is 5.73 Å². The van der Waals surface area contributed by atoms with Gasteiger partial charge in [0.05, 0.1) is 5.69 Å². The number of alkyl halides is 2. The van der Waals surface area contributed by atoms with Gasteiger partial charge in [0.25, 0.3) is 6.43 Å². The number of fused-ring (bicyclic) bond motifs is 1. The standard InChI is InChI=1S/C9H8F2N2/c10-9(11)8-4-6(12)5-2-1-3-7(5)13-8/h1-2,4,9H,3H2,(H2,12,13). The van der Waals surface area contributed by atoms with Crippen LogP contribution in [0.3, 0.4) is 0 Å². The van der Waals surface area contributed by atoms with E-state index in [-0.39, 0.29) is 5.69 Å². The first-order chi connectivity index (χ1) is 6.18. The molecule has 2 nitrogen and oxygen atoms in total. The number of nitrogens with two attached hydrogens (primary N) is 1. The highest BCUT2D eigenvalue weighted by Gasteiger charge is 2.16. The molecule has 1 aromatic heterocycles. The van der Waals surface area contributed by atoms with E-state index >= 15 is 0 Å². The maximum Gasteiger partial charge on any atom is 0.280 e. The molecule has 0 unspecified atom stereocenters. The number of rotatable bonds is 1. The fraction of sp³-hybridized carbons (Fsp3) is 0.222. The summed E-state index contributed by atoms with van der Waals surface area (Å²) in [5.41, 5.74) is 7.16. The van der Waals surface area contributed by atoms with Crippen molar-refractivity contribution in [3.8, 4) is 0 Å². The first kappa shape index (κ1) is 8.16. The number of hydrogen-bond acceptors (Lipinski definition) is 2. The molecule has 0 saturated carbocycles. The van der Waals surface area contributed by atoms with Crippen LogP contribution >= 0.6 is 0 Å². The van der Waals surface area contributed by atoms with Gasteiger partial charge in [-0.05, 0) is 6.07 Å². The summed E-state index contributed by atoms with van der Waals surface area (Å²) in [6.45, 7) is 0. The molecule has 0 aliphatic heterocycles. The molecule has 1 aliphatic carbocycles. The second-order valence-electron chi connectivity index (χ2n) is 2.90. The number of hydrogen-bond donors (Lipinski definition) is 1. The number of pyridine rings is 1. The van der Waals surface area contributed by atoms with Gasteiger partial charge in [0.15, 0.2) is 0 Å². The molecular weight excluding hydrogens is 174 g/mol. The predicted octanol–water partition coefficient (Wildman–Crippen LogP) is 2.17. The lowest BCUT2D eigenvalue weighted by Crippen LogP contribution is -2.00. The molecule has 0 bridgehead atoms. The first-order valence-corrected chi connectivity index (χ1v) is 3.92. The largest absolute Gasteiger partial charge is 0.398 e. The van der Waals surface area contributed by atoms with Crippen molar-refractivity contribution < 1.29 is 8.78 Å². The van der Waals surface area contributed by atoms with Crippen LogP contribution in [0.2, 0.25) is 0 Å². The van der Waals surface area contributed by atoms with Crippen molar-refractivity contribution in [1.82, 2.24) is 4.98 Å². The van der Waals surface area contributed by atoms with Gasteiger partial charge in [-0.2, -0.15) is 0 Å². The molecule has 13 heavy (non-hydrogen) atoms. The third-order valence-corrected chi connectivity index (χ3v) is 2.01. The molecule has 0 fully saturated rings. The third-order valence-electron chi connectivity index (χ3n) is 2.01. The fourth-order valence-corrected chi connectivity index (χ4v) is 1.40. The zero-order valence-corrected chi connectivity index (χ0v) is 6.80. The van der Waals surface area contributed by atoms with Crippen molar-refractivity contribution in [3.05, 3.63) is 29.1 Å². The fourth-order valence-electron chi connectivity index (χ4n) is 1.40. The van der Waals surface area contributed by atoms with Gasteiger partial charge in [-0.1, -0.05) is 12.2 Å². The van der Waals surface area contributed by atoms with Crippen LogP contribution < -0.4 is 5.73 Å². The molecule has 68 valence electrons. The van der Waals surface area contributed by atoms with Crippen LogP contribution in [-0.2, 0) is 6.42 Å². The zero-order valence-electron chi connectivity index (χ0n) is 6.80. The summed E-state index contributed by atoms with van der Waals surface area (Å²) < 4.78 is 24.6. The van der Waals surface area contributed by atoms with E-state index in [9.17, 15) is 8.78 Å². The van der Waals surface area contributed by atoms with Crippen LogP contribution in [0.4, 0.5) is 14.5 Å². The SMILES string of the molecule is Nc1cc(C(F)F)nc2c1C=CC2. The molecule has 4 heteroatoms. The molecule has 1 aromatic rings. The van der Waals surface area contributed by atoms with Crippen molar-refractivity contribution >= 4 is 11.8 Å². The second kappa shape index (κ2) is 2.80. The van der Waals surface area contributed by atoms with Gasteiger partial charge < -0.3 is 5.73 Å². The minimum atomic E-state index is -2.55. The van der Waals surface area contributed by atoms with Crippen molar-refractivity contribution in [2.45, 2.75) is 12.8 Å². The zero-order chi connectivity index (χ0) is 9.42. The molecule has 0 saturated heterocycles. The molecule has 0 amide bonds. The summed E-state index contributed by atoms with van der Waals surface area (Å²) in [4.78, 5) is 3.82. The van der Waals surface area contributed by atoms with Crippen molar-refractivity contribution in [2.24, 2.45) is 0 Å². The minimum absolute atomic E-state index is 0.236. The summed E-state index contributed by atoms with van der Waals surface area (Å²) in [7, 11) is 0. The van der Waals surface area contributed by atoms with Gasteiger partial charge in [0.1, 0.15) is 5.69 Å². The number of nitrogen functional groups attached to an aromatic ring is 1. The van der Waals surface area contributed by atoms with Crippen LogP contribution in [0.15, 0.2) is 12.1 Å². The van der Waals surface area contributed by atoms with Crippen LogP contribution in [0.5, 0.6) is 0 Å². The van der Waals surface area contributed by atoms with Gasteiger partial charge in [0.2, 0.25) is 0 Å². The van der Waals surface area contributed by atoms with Gasteiger partial charge in [-0.15, -0.1) is 0 Å². The van der Waals surface area contributed by atoms with Crippen molar-refractivity contribution in [1.29, 1.82) is 0 Å². The highest BCUT2D eigenvalue weighted by Crippen LogP contribution is 2.27. The number of anilines is 1.